The van der Waals surface area contributed by atoms with Crippen LogP contribution in [0.4, 0.5) is 0 Å². The lowest BCUT2D eigenvalue weighted by atomic mass is 9.79. The molecular formula is C16H20. The summed E-state index contributed by atoms with van der Waals surface area (Å²) < 4.78 is 0. The summed E-state index contributed by atoms with van der Waals surface area (Å²) in [6, 6.07) is 0. The van der Waals surface area contributed by atoms with E-state index in [9.17, 15) is 0 Å². The summed E-state index contributed by atoms with van der Waals surface area (Å²) in [6.45, 7) is 8.83. The summed E-state index contributed by atoms with van der Waals surface area (Å²) in [5.41, 5.74) is 5.67. The minimum Gasteiger partial charge on any atom is -0.0764 e. The van der Waals surface area contributed by atoms with E-state index in [-0.39, 0.29) is 0 Å². The minimum atomic E-state index is 0.468. The predicted octanol–water partition coefficient (Wildman–Crippen LogP) is 4.44. The lowest BCUT2D eigenvalue weighted by Crippen LogP contribution is -2.13. The molecule has 0 aromatic rings. The van der Waals surface area contributed by atoms with Gasteiger partial charge in [0.05, 0.1) is 0 Å². The highest BCUT2D eigenvalue weighted by Gasteiger charge is 2.20. The van der Waals surface area contributed by atoms with Crippen molar-refractivity contribution < 1.29 is 0 Å². The smallest absolute Gasteiger partial charge is 0.00580 e. The van der Waals surface area contributed by atoms with E-state index in [2.05, 4.69) is 64.8 Å². The SMILES string of the molecule is CC1=CC=C(C2[CH]C(C)=C(C)C=C2)[CH]C1C. The molecule has 0 saturated carbocycles. The van der Waals surface area contributed by atoms with Crippen LogP contribution >= 0.6 is 0 Å². The Morgan fingerprint density at radius 1 is 0.938 bits per heavy atom. The van der Waals surface area contributed by atoms with Gasteiger partial charge in [-0.2, -0.15) is 0 Å². The van der Waals surface area contributed by atoms with Crippen molar-refractivity contribution in [3.8, 4) is 0 Å². The van der Waals surface area contributed by atoms with Gasteiger partial charge >= 0.3 is 0 Å². The van der Waals surface area contributed by atoms with Gasteiger partial charge < -0.3 is 0 Å². The van der Waals surface area contributed by atoms with E-state index in [0.717, 1.165) is 0 Å². The fraction of sp³-hybridized carbons (Fsp3) is 0.375. The van der Waals surface area contributed by atoms with Gasteiger partial charge in [-0.3, -0.25) is 0 Å². The maximum absolute atomic E-state index is 2.38. The van der Waals surface area contributed by atoms with Gasteiger partial charge in [0.15, 0.2) is 0 Å². The minimum absolute atomic E-state index is 0.468. The molecule has 0 spiro atoms. The zero-order valence-electron chi connectivity index (χ0n) is 10.6. The zero-order valence-corrected chi connectivity index (χ0v) is 10.6. The Morgan fingerprint density at radius 2 is 1.69 bits per heavy atom. The quantitative estimate of drug-likeness (QED) is 0.603. The molecule has 0 amide bonds. The van der Waals surface area contributed by atoms with Gasteiger partial charge in [-0.25, -0.2) is 0 Å². The fourth-order valence-electron chi connectivity index (χ4n) is 2.12. The van der Waals surface area contributed by atoms with Crippen LogP contribution in [0.1, 0.15) is 27.7 Å². The zero-order chi connectivity index (χ0) is 11.7. The van der Waals surface area contributed by atoms with E-state index in [4.69, 9.17) is 0 Å². The Bertz CT molecular complexity index is 402. The Balaban J connectivity index is 2.15. The summed E-state index contributed by atoms with van der Waals surface area (Å²) in [7, 11) is 0. The van der Waals surface area contributed by atoms with E-state index in [1.807, 2.05) is 0 Å². The Labute approximate surface area is 99.4 Å². The van der Waals surface area contributed by atoms with Gasteiger partial charge in [-0.05, 0) is 39.5 Å². The summed E-state index contributed by atoms with van der Waals surface area (Å²) in [5.74, 6) is 1.05. The van der Waals surface area contributed by atoms with E-state index >= 15 is 0 Å². The van der Waals surface area contributed by atoms with E-state index in [1.54, 1.807) is 0 Å². The van der Waals surface area contributed by atoms with Gasteiger partial charge in [-0.1, -0.05) is 53.5 Å². The fourth-order valence-corrected chi connectivity index (χ4v) is 2.12. The first-order chi connectivity index (χ1) is 7.58. The molecule has 2 rings (SSSR count). The maximum Gasteiger partial charge on any atom is 0.00580 e. The first-order valence-corrected chi connectivity index (χ1v) is 6.01. The molecule has 16 heavy (non-hydrogen) atoms. The monoisotopic (exact) mass is 212 g/mol. The standard InChI is InChI=1S/C16H20/c1-11-5-7-15(9-13(11)3)16-8-6-12(2)14(4)10-16/h5-10,13,16H,1-4H3. The van der Waals surface area contributed by atoms with Crippen LogP contribution in [0.5, 0.6) is 0 Å². The van der Waals surface area contributed by atoms with Gasteiger partial charge in [0.1, 0.15) is 0 Å². The second-order valence-electron chi connectivity index (χ2n) is 4.95. The Hall–Kier alpha value is -1.04. The van der Waals surface area contributed by atoms with Crippen molar-refractivity contribution in [2.45, 2.75) is 27.7 Å². The Kier molecular flexibility index (Phi) is 3.18. The van der Waals surface area contributed by atoms with Crippen LogP contribution in [0.2, 0.25) is 0 Å². The van der Waals surface area contributed by atoms with Crippen molar-refractivity contribution in [1.82, 2.24) is 0 Å². The van der Waals surface area contributed by atoms with E-state index in [1.165, 1.54) is 22.3 Å². The van der Waals surface area contributed by atoms with Crippen LogP contribution < -0.4 is 0 Å². The third-order valence-corrected chi connectivity index (χ3v) is 3.69. The molecule has 0 N–H and O–H groups in total. The average molecular weight is 212 g/mol. The topological polar surface area (TPSA) is 0 Å². The molecule has 0 aromatic carbocycles. The molecule has 2 aliphatic carbocycles. The van der Waals surface area contributed by atoms with Crippen LogP contribution in [0.15, 0.2) is 46.6 Å². The van der Waals surface area contributed by atoms with Crippen molar-refractivity contribution in [1.29, 1.82) is 0 Å². The number of allylic oxidation sites excluding steroid dienone is 8. The second-order valence-corrected chi connectivity index (χ2v) is 4.95. The molecule has 0 bridgehead atoms. The molecule has 0 heteroatoms. The van der Waals surface area contributed by atoms with Crippen molar-refractivity contribution >= 4 is 0 Å². The molecule has 0 saturated heterocycles. The molecule has 0 aliphatic heterocycles. The molecule has 2 radical (unpaired) electrons. The third kappa shape index (κ3) is 2.21. The molecule has 84 valence electrons. The first kappa shape index (κ1) is 11.4. The molecule has 2 unspecified atom stereocenters. The van der Waals surface area contributed by atoms with Crippen LogP contribution in [0.25, 0.3) is 0 Å². The maximum atomic E-state index is 2.38. The first-order valence-electron chi connectivity index (χ1n) is 6.01. The van der Waals surface area contributed by atoms with Crippen molar-refractivity contribution in [3.05, 3.63) is 59.4 Å². The number of rotatable bonds is 1. The molecule has 0 nitrogen and oxygen atoms in total. The molecule has 2 aliphatic rings. The normalized spacial score (nSPS) is 30.2. The largest absolute Gasteiger partial charge is 0.0764 e. The van der Waals surface area contributed by atoms with Crippen molar-refractivity contribution in [2.24, 2.45) is 11.8 Å². The highest BCUT2D eigenvalue weighted by molar-refractivity contribution is 5.44. The van der Waals surface area contributed by atoms with Gasteiger partial charge in [-0.15, -0.1) is 0 Å². The molecule has 2 atom stereocenters. The van der Waals surface area contributed by atoms with Crippen LogP contribution in [0, 0.1) is 24.7 Å². The lowest BCUT2D eigenvalue weighted by molar-refractivity contribution is 0.744. The summed E-state index contributed by atoms with van der Waals surface area (Å²) in [4.78, 5) is 0. The summed E-state index contributed by atoms with van der Waals surface area (Å²) in [6.07, 6.45) is 13.8. The van der Waals surface area contributed by atoms with E-state index < -0.39 is 0 Å². The molecule has 0 fully saturated rings. The van der Waals surface area contributed by atoms with Crippen molar-refractivity contribution in [3.63, 3.8) is 0 Å². The highest BCUT2D eigenvalue weighted by Crippen LogP contribution is 2.34. The third-order valence-electron chi connectivity index (χ3n) is 3.69. The van der Waals surface area contributed by atoms with E-state index in [0.29, 0.717) is 11.8 Å². The van der Waals surface area contributed by atoms with Crippen LogP contribution in [-0.2, 0) is 0 Å². The summed E-state index contributed by atoms with van der Waals surface area (Å²) in [5, 5.41) is 0. The average Bonchev–Trinajstić information content (AvgIpc) is 2.26. The molecule has 0 aromatic heterocycles. The number of hydrogen-bond donors (Lipinski definition) is 0. The Morgan fingerprint density at radius 3 is 2.31 bits per heavy atom. The number of hydrogen-bond acceptors (Lipinski definition) is 0. The van der Waals surface area contributed by atoms with Gasteiger partial charge in [0.25, 0.3) is 0 Å². The van der Waals surface area contributed by atoms with Gasteiger partial charge in [0.2, 0.25) is 0 Å². The lowest BCUT2D eigenvalue weighted by Gasteiger charge is -2.26. The second kappa shape index (κ2) is 4.45. The molecule has 0 heterocycles. The van der Waals surface area contributed by atoms with Crippen molar-refractivity contribution in [2.75, 3.05) is 0 Å². The van der Waals surface area contributed by atoms with Crippen LogP contribution in [-0.4, -0.2) is 0 Å². The molecular weight excluding hydrogens is 192 g/mol. The summed E-state index contributed by atoms with van der Waals surface area (Å²) >= 11 is 0. The van der Waals surface area contributed by atoms with Crippen LogP contribution in [0.3, 0.4) is 0 Å². The highest BCUT2D eigenvalue weighted by atomic mass is 14.2. The van der Waals surface area contributed by atoms with Gasteiger partial charge in [0, 0.05) is 5.92 Å². The predicted molar refractivity (Wildman–Crippen MR) is 70.6 cm³/mol.